The lowest BCUT2D eigenvalue weighted by Crippen LogP contribution is -2.31. The van der Waals surface area contributed by atoms with E-state index in [1.165, 1.54) is 19.1 Å². The molecule has 0 aliphatic heterocycles. The second-order valence-corrected chi connectivity index (χ2v) is 6.40. The van der Waals surface area contributed by atoms with Crippen molar-refractivity contribution in [2.24, 2.45) is 0 Å². The number of aryl methyl sites for hydroxylation is 2. The molecule has 0 heterocycles. The van der Waals surface area contributed by atoms with Gasteiger partial charge in [0.15, 0.2) is 5.78 Å². The molecule has 0 radical (unpaired) electrons. The van der Waals surface area contributed by atoms with Gasteiger partial charge in [-0.15, -0.1) is 0 Å². The van der Waals surface area contributed by atoms with Crippen LogP contribution >= 0.6 is 11.6 Å². The van der Waals surface area contributed by atoms with Crippen molar-refractivity contribution in [3.05, 3.63) is 63.7 Å². The van der Waals surface area contributed by atoms with Crippen molar-refractivity contribution in [2.75, 3.05) is 19.1 Å². The number of benzene rings is 2. The average Bonchev–Trinajstić information content (AvgIpc) is 2.60. The molecule has 0 aliphatic carbocycles. The predicted octanol–water partition coefficient (Wildman–Crippen LogP) is 3.71. The number of hydrogen-bond acceptors (Lipinski definition) is 4. The lowest BCUT2D eigenvalue weighted by atomic mass is 9.96. The maximum Gasteiger partial charge on any atom is 0.315 e. The molecule has 0 aromatic heterocycles. The SMILES string of the molecule is COC(=O)CC(=O)N(C)c1c(C)cc(C)cc1C(=O)c1ccccc1Cl. The second kappa shape index (κ2) is 8.15. The number of esters is 1. The van der Waals surface area contributed by atoms with Gasteiger partial charge >= 0.3 is 5.97 Å². The van der Waals surface area contributed by atoms with E-state index in [1.54, 1.807) is 30.3 Å². The maximum absolute atomic E-state index is 13.1. The molecule has 0 bridgehead atoms. The molecule has 0 unspecified atom stereocenters. The van der Waals surface area contributed by atoms with E-state index >= 15 is 0 Å². The van der Waals surface area contributed by atoms with Gasteiger partial charge in [0.1, 0.15) is 6.42 Å². The number of halogens is 1. The van der Waals surface area contributed by atoms with Crippen LogP contribution in [-0.4, -0.2) is 31.8 Å². The van der Waals surface area contributed by atoms with Crippen LogP contribution in [0.5, 0.6) is 0 Å². The van der Waals surface area contributed by atoms with Crippen molar-refractivity contribution in [3.8, 4) is 0 Å². The van der Waals surface area contributed by atoms with Crippen LogP contribution in [0.25, 0.3) is 0 Å². The molecule has 0 spiro atoms. The fraction of sp³-hybridized carbons (Fsp3) is 0.250. The Labute approximate surface area is 157 Å². The molecule has 2 aromatic carbocycles. The first kappa shape index (κ1) is 19.7. The first-order valence-corrected chi connectivity index (χ1v) is 8.38. The van der Waals surface area contributed by atoms with E-state index in [0.717, 1.165) is 11.1 Å². The van der Waals surface area contributed by atoms with Crippen molar-refractivity contribution in [1.29, 1.82) is 0 Å². The molecule has 5 nitrogen and oxygen atoms in total. The van der Waals surface area contributed by atoms with Crippen LogP contribution in [0, 0.1) is 13.8 Å². The number of hydrogen-bond donors (Lipinski definition) is 0. The van der Waals surface area contributed by atoms with Crippen molar-refractivity contribution >= 4 is 34.9 Å². The van der Waals surface area contributed by atoms with E-state index in [0.29, 0.717) is 21.8 Å². The molecule has 0 N–H and O–H groups in total. The minimum atomic E-state index is -0.634. The highest BCUT2D eigenvalue weighted by Crippen LogP contribution is 2.30. The third-order valence-electron chi connectivity index (χ3n) is 4.04. The lowest BCUT2D eigenvalue weighted by molar-refractivity contribution is -0.143. The van der Waals surface area contributed by atoms with Crippen LogP contribution < -0.4 is 4.90 Å². The second-order valence-electron chi connectivity index (χ2n) is 5.99. The van der Waals surface area contributed by atoms with Gasteiger partial charge in [-0.1, -0.05) is 29.8 Å². The van der Waals surface area contributed by atoms with Crippen LogP contribution in [0.3, 0.4) is 0 Å². The van der Waals surface area contributed by atoms with Gasteiger partial charge in [0, 0.05) is 18.2 Å². The van der Waals surface area contributed by atoms with Gasteiger partial charge in [-0.3, -0.25) is 14.4 Å². The van der Waals surface area contributed by atoms with Gasteiger partial charge in [-0.2, -0.15) is 0 Å². The number of ether oxygens (including phenoxy) is 1. The average molecular weight is 374 g/mol. The monoisotopic (exact) mass is 373 g/mol. The van der Waals surface area contributed by atoms with Gasteiger partial charge in [-0.05, 0) is 43.2 Å². The number of amides is 1. The van der Waals surface area contributed by atoms with E-state index in [2.05, 4.69) is 4.74 Å². The number of carbonyl (C=O) groups excluding carboxylic acids is 3. The Morgan fingerprint density at radius 2 is 1.73 bits per heavy atom. The zero-order valence-corrected chi connectivity index (χ0v) is 15.9. The summed E-state index contributed by atoms with van der Waals surface area (Å²) in [6, 6.07) is 10.4. The normalized spacial score (nSPS) is 10.3. The summed E-state index contributed by atoms with van der Waals surface area (Å²) in [5.41, 5.74) is 2.80. The van der Waals surface area contributed by atoms with E-state index in [4.69, 9.17) is 11.6 Å². The largest absolute Gasteiger partial charge is 0.469 e. The van der Waals surface area contributed by atoms with Gasteiger partial charge < -0.3 is 9.64 Å². The third kappa shape index (κ3) is 4.11. The van der Waals surface area contributed by atoms with E-state index in [1.807, 2.05) is 19.9 Å². The highest BCUT2D eigenvalue weighted by Gasteiger charge is 2.24. The predicted molar refractivity (Wildman–Crippen MR) is 101 cm³/mol. The van der Waals surface area contributed by atoms with Gasteiger partial charge in [0.2, 0.25) is 5.91 Å². The minimum absolute atomic E-state index is 0.282. The Kier molecular flexibility index (Phi) is 6.16. The molecule has 0 atom stereocenters. The molecule has 2 rings (SSSR count). The van der Waals surface area contributed by atoms with E-state index < -0.39 is 18.3 Å². The fourth-order valence-corrected chi connectivity index (χ4v) is 3.03. The molecular weight excluding hydrogens is 354 g/mol. The maximum atomic E-state index is 13.1. The molecule has 136 valence electrons. The number of carbonyl (C=O) groups is 3. The summed E-state index contributed by atoms with van der Waals surface area (Å²) >= 11 is 6.17. The Hall–Kier alpha value is -2.66. The highest BCUT2D eigenvalue weighted by molar-refractivity contribution is 6.35. The summed E-state index contributed by atoms with van der Waals surface area (Å²) in [6.07, 6.45) is -0.403. The van der Waals surface area contributed by atoms with Crippen LogP contribution in [0.15, 0.2) is 36.4 Å². The van der Waals surface area contributed by atoms with Crippen LogP contribution in [-0.2, 0) is 14.3 Å². The molecule has 6 heteroatoms. The lowest BCUT2D eigenvalue weighted by Gasteiger charge is -2.23. The topological polar surface area (TPSA) is 63.7 Å². The summed E-state index contributed by atoms with van der Waals surface area (Å²) in [7, 11) is 2.76. The standard InChI is InChI=1S/C20H20ClNO4/c1-12-9-13(2)19(22(3)17(23)11-18(24)26-4)15(10-12)20(25)14-7-5-6-8-16(14)21/h5-10H,11H2,1-4H3. The first-order chi connectivity index (χ1) is 12.3. The zero-order chi connectivity index (χ0) is 19.4. The zero-order valence-electron chi connectivity index (χ0n) is 15.1. The van der Waals surface area contributed by atoms with E-state index in [-0.39, 0.29) is 5.78 Å². The van der Waals surface area contributed by atoms with Crippen molar-refractivity contribution in [2.45, 2.75) is 20.3 Å². The molecule has 0 saturated carbocycles. The van der Waals surface area contributed by atoms with Crippen LogP contribution in [0.4, 0.5) is 5.69 Å². The summed E-state index contributed by atoms with van der Waals surface area (Å²) < 4.78 is 4.55. The Balaban J connectivity index is 2.54. The molecule has 0 saturated heterocycles. The van der Waals surface area contributed by atoms with Crippen LogP contribution in [0.1, 0.15) is 33.5 Å². The number of methoxy groups -OCH3 is 1. The summed E-state index contributed by atoms with van der Waals surface area (Å²) in [4.78, 5) is 38.2. The Morgan fingerprint density at radius 1 is 1.08 bits per heavy atom. The number of rotatable bonds is 5. The molecular formula is C20H20ClNO4. The van der Waals surface area contributed by atoms with E-state index in [9.17, 15) is 14.4 Å². The molecule has 1 amide bonds. The Bertz CT molecular complexity index is 876. The summed E-state index contributed by atoms with van der Waals surface area (Å²) in [5.74, 6) is -1.38. The molecule has 26 heavy (non-hydrogen) atoms. The Morgan fingerprint density at radius 3 is 2.35 bits per heavy atom. The summed E-state index contributed by atoms with van der Waals surface area (Å²) in [6.45, 7) is 3.68. The first-order valence-electron chi connectivity index (χ1n) is 8.00. The molecule has 0 fully saturated rings. The third-order valence-corrected chi connectivity index (χ3v) is 4.37. The summed E-state index contributed by atoms with van der Waals surface area (Å²) in [5, 5.41) is 0.339. The highest BCUT2D eigenvalue weighted by atomic mass is 35.5. The number of nitrogens with zero attached hydrogens (tertiary/aromatic N) is 1. The van der Waals surface area contributed by atoms with Crippen molar-refractivity contribution in [3.63, 3.8) is 0 Å². The molecule has 0 aliphatic rings. The molecule has 2 aromatic rings. The van der Waals surface area contributed by atoms with Gasteiger partial charge in [-0.25, -0.2) is 0 Å². The van der Waals surface area contributed by atoms with Crippen molar-refractivity contribution in [1.82, 2.24) is 0 Å². The van der Waals surface area contributed by atoms with Crippen LogP contribution in [0.2, 0.25) is 5.02 Å². The minimum Gasteiger partial charge on any atom is -0.469 e. The van der Waals surface area contributed by atoms with Gasteiger partial charge in [0.05, 0.1) is 17.8 Å². The number of anilines is 1. The fourth-order valence-electron chi connectivity index (χ4n) is 2.81. The quantitative estimate of drug-likeness (QED) is 0.455. The number of ketones is 1. The van der Waals surface area contributed by atoms with Crippen molar-refractivity contribution < 1.29 is 19.1 Å². The smallest absolute Gasteiger partial charge is 0.315 e. The van der Waals surface area contributed by atoms with Gasteiger partial charge in [0.25, 0.3) is 0 Å².